The highest BCUT2D eigenvalue weighted by Gasteiger charge is 2.42. The highest BCUT2D eigenvalue weighted by atomic mass is 16.7. The van der Waals surface area contributed by atoms with Crippen LogP contribution in [0.1, 0.15) is 65.2 Å². The Kier molecular flexibility index (Phi) is 8.70. The zero-order chi connectivity index (χ0) is 19.7. The molecule has 3 fully saturated rings. The standard InChI is InChI=1S/C11H18O4.C9H14O3/c1-2-13-10(12)9-3-5-11(6-4-9)14-7-8-15-11;1-2-12-9(11)7-3-5-8(10)6-4-7/h9H,2-8H2,1H3;7H,2-6H2,1H3. The predicted molar refractivity (Wildman–Crippen MR) is 96.8 cm³/mol. The molecule has 2 saturated carbocycles. The van der Waals surface area contributed by atoms with E-state index in [0.29, 0.717) is 52.1 Å². The second kappa shape index (κ2) is 10.8. The van der Waals surface area contributed by atoms with E-state index in [2.05, 4.69) is 0 Å². The van der Waals surface area contributed by atoms with Crippen LogP contribution in [-0.2, 0) is 33.3 Å². The SMILES string of the molecule is CCOC(=O)C1CCC(=O)CC1.CCOC(=O)C1CCC2(CC1)OCCO2. The third kappa shape index (κ3) is 6.57. The Bertz CT molecular complexity index is 490. The maximum Gasteiger partial charge on any atom is 0.308 e. The van der Waals surface area contributed by atoms with Crippen molar-refractivity contribution in [3.8, 4) is 0 Å². The van der Waals surface area contributed by atoms with Gasteiger partial charge < -0.3 is 18.9 Å². The Morgan fingerprint density at radius 2 is 1.33 bits per heavy atom. The maximum absolute atomic E-state index is 11.5. The minimum Gasteiger partial charge on any atom is -0.466 e. The predicted octanol–water partition coefficient (Wildman–Crippen LogP) is 2.79. The van der Waals surface area contributed by atoms with E-state index < -0.39 is 0 Å². The van der Waals surface area contributed by atoms with Crippen molar-refractivity contribution < 1.29 is 33.3 Å². The van der Waals surface area contributed by atoms with E-state index in [-0.39, 0.29) is 35.3 Å². The van der Waals surface area contributed by atoms with Crippen LogP contribution in [0.5, 0.6) is 0 Å². The van der Waals surface area contributed by atoms with Crippen molar-refractivity contribution in [2.75, 3.05) is 26.4 Å². The highest BCUT2D eigenvalue weighted by molar-refractivity contribution is 5.82. The molecule has 0 aromatic rings. The summed E-state index contributed by atoms with van der Waals surface area (Å²) in [4.78, 5) is 33.5. The second-order valence-corrected chi connectivity index (χ2v) is 7.20. The lowest BCUT2D eigenvalue weighted by Crippen LogP contribution is -2.37. The lowest BCUT2D eigenvalue weighted by Gasteiger charge is -2.34. The number of esters is 2. The molecule has 0 atom stereocenters. The van der Waals surface area contributed by atoms with Gasteiger partial charge >= 0.3 is 11.9 Å². The minimum absolute atomic E-state index is 0.0253. The smallest absolute Gasteiger partial charge is 0.308 e. The summed E-state index contributed by atoms with van der Waals surface area (Å²) in [6.07, 6.45) is 5.72. The van der Waals surface area contributed by atoms with Gasteiger partial charge in [0.15, 0.2) is 5.79 Å². The van der Waals surface area contributed by atoms with Gasteiger partial charge in [0.2, 0.25) is 0 Å². The van der Waals surface area contributed by atoms with E-state index in [1.54, 1.807) is 6.92 Å². The zero-order valence-corrected chi connectivity index (χ0v) is 16.5. The molecule has 0 aromatic heterocycles. The van der Waals surface area contributed by atoms with Crippen molar-refractivity contribution in [3.05, 3.63) is 0 Å². The van der Waals surface area contributed by atoms with E-state index >= 15 is 0 Å². The first-order valence-electron chi connectivity index (χ1n) is 10.1. The van der Waals surface area contributed by atoms with E-state index in [4.69, 9.17) is 18.9 Å². The van der Waals surface area contributed by atoms with Gasteiger partial charge in [0, 0.05) is 25.7 Å². The molecule has 7 nitrogen and oxygen atoms in total. The first-order valence-corrected chi connectivity index (χ1v) is 10.1. The normalized spacial score (nSPS) is 22.8. The highest BCUT2D eigenvalue weighted by Crippen LogP contribution is 2.38. The molecule has 3 aliphatic rings. The minimum atomic E-state index is -0.372. The van der Waals surface area contributed by atoms with Crippen LogP contribution >= 0.6 is 0 Å². The number of hydrogen-bond acceptors (Lipinski definition) is 7. The second-order valence-electron chi connectivity index (χ2n) is 7.20. The molecule has 0 aromatic carbocycles. The van der Waals surface area contributed by atoms with Gasteiger partial charge in [0.05, 0.1) is 38.3 Å². The Morgan fingerprint density at radius 1 is 0.889 bits per heavy atom. The molecule has 154 valence electrons. The van der Waals surface area contributed by atoms with Crippen molar-refractivity contribution >= 4 is 17.7 Å². The Balaban J connectivity index is 0.000000199. The Morgan fingerprint density at radius 3 is 1.78 bits per heavy atom. The number of carbonyl (C=O) groups is 3. The average Bonchev–Trinajstić information content (AvgIpc) is 3.12. The number of Topliss-reactive ketones (excluding diaryl/α,β-unsaturated/α-hetero) is 1. The zero-order valence-electron chi connectivity index (χ0n) is 16.5. The largest absolute Gasteiger partial charge is 0.466 e. The lowest BCUT2D eigenvalue weighted by atomic mass is 9.85. The first-order chi connectivity index (χ1) is 13.0. The molecule has 0 unspecified atom stereocenters. The molecule has 3 rings (SSSR count). The quantitative estimate of drug-likeness (QED) is 0.689. The van der Waals surface area contributed by atoms with E-state index in [1.165, 1.54) is 0 Å². The molecule has 0 amide bonds. The Labute approximate surface area is 161 Å². The molecule has 7 heteroatoms. The summed E-state index contributed by atoms with van der Waals surface area (Å²) in [5, 5.41) is 0. The van der Waals surface area contributed by atoms with Crippen LogP contribution in [0.25, 0.3) is 0 Å². The number of ketones is 1. The van der Waals surface area contributed by atoms with Crippen LogP contribution in [0.2, 0.25) is 0 Å². The number of hydrogen-bond donors (Lipinski definition) is 0. The van der Waals surface area contributed by atoms with E-state index in [0.717, 1.165) is 25.7 Å². The van der Waals surface area contributed by atoms with Crippen molar-refractivity contribution in [1.29, 1.82) is 0 Å². The lowest BCUT2D eigenvalue weighted by molar-refractivity contribution is -0.187. The molecule has 0 N–H and O–H groups in total. The molecule has 27 heavy (non-hydrogen) atoms. The van der Waals surface area contributed by atoms with Crippen molar-refractivity contribution in [2.24, 2.45) is 11.8 Å². The summed E-state index contributed by atoms with van der Waals surface area (Å²) in [7, 11) is 0. The van der Waals surface area contributed by atoms with Gasteiger partial charge in [-0.1, -0.05) is 0 Å². The summed E-state index contributed by atoms with van der Waals surface area (Å²) in [5.41, 5.74) is 0. The van der Waals surface area contributed by atoms with Gasteiger partial charge in [-0.25, -0.2) is 0 Å². The molecule has 1 saturated heterocycles. The van der Waals surface area contributed by atoms with Gasteiger partial charge in [-0.05, 0) is 39.5 Å². The molecule has 2 aliphatic carbocycles. The molecule has 0 bridgehead atoms. The first kappa shape index (κ1) is 21.8. The summed E-state index contributed by atoms with van der Waals surface area (Å²) in [5.74, 6) is -0.278. The van der Waals surface area contributed by atoms with Crippen LogP contribution in [0.3, 0.4) is 0 Å². The van der Waals surface area contributed by atoms with Crippen molar-refractivity contribution in [3.63, 3.8) is 0 Å². The Hall–Kier alpha value is -1.47. The third-order valence-electron chi connectivity index (χ3n) is 5.34. The number of rotatable bonds is 4. The van der Waals surface area contributed by atoms with E-state index in [1.807, 2.05) is 6.92 Å². The van der Waals surface area contributed by atoms with Gasteiger partial charge in [0.1, 0.15) is 5.78 Å². The molecule has 1 aliphatic heterocycles. The molecular weight excluding hydrogens is 352 g/mol. The summed E-state index contributed by atoms with van der Waals surface area (Å²) < 4.78 is 21.1. The van der Waals surface area contributed by atoms with Gasteiger partial charge in [-0.3, -0.25) is 14.4 Å². The monoisotopic (exact) mass is 384 g/mol. The number of carbonyl (C=O) groups excluding carboxylic acids is 3. The van der Waals surface area contributed by atoms with Gasteiger partial charge in [-0.15, -0.1) is 0 Å². The molecular formula is C20H32O7. The molecule has 1 heterocycles. The van der Waals surface area contributed by atoms with Crippen LogP contribution < -0.4 is 0 Å². The third-order valence-corrected chi connectivity index (χ3v) is 5.34. The van der Waals surface area contributed by atoms with E-state index in [9.17, 15) is 14.4 Å². The summed E-state index contributed by atoms with van der Waals surface area (Å²) in [6, 6.07) is 0. The van der Waals surface area contributed by atoms with Gasteiger partial charge in [0.25, 0.3) is 0 Å². The van der Waals surface area contributed by atoms with Crippen LogP contribution in [0.15, 0.2) is 0 Å². The van der Waals surface area contributed by atoms with Crippen LogP contribution in [0, 0.1) is 11.8 Å². The van der Waals surface area contributed by atoms with Crippen LogP contribution in [0.4, 0.5) is 0 Å². The molecule has 1 spiro atoms. The fourth-order valence-electron chi connectivity index (χ4n) is 3.77. The van der Waals surface area contributed by atoms with Crippen molar-refractivity contribution in [2.45, 2.75) is 71.0 Å². The molecule has 0 radical (unpaired) electrons. The van der Waals surface area contributed by atoms with Crippen molar-refractivity contribution in [1.82, 2.24) is 0 Å². The van der Waals surface area contributed by atoms with Gasteiger partial charge in [-0.2, -0.15) is 0 Å². The summed E-state index contributed by atoms with van der Waals surface area (Å²) >= 11 is 0. The maximum atomic E-state index is 11.5. The fraction of sp³-hybridized carbons (Fsp3) is 0.850. The fourth-order valence-corrected chi connectivity index (χ4v) is 3.77. The summed E-state index contributed by atoms with van der Waals surface area (Å²) in [6.45, 7) is 5.90. The number of ether oxygens (including phenoxy) is 4. The average molecular weight is 384 g/mol. The van der Waals surface area contributed by atoms with Crippen LogP contribution in [-0.4, -0.2) is 49.9 Å². The topological polar surface area (TPSA) is 88.1 Å².